The standard InChI is InChI=1S/C20H19N5/c1-24(2)17-10-6-9-16(13-17)23-19-20-22-14-18(25(20)12-11-21-19)15-7-4-3-5-8-15/h3-14H,1-2H3,(H,21,23). The molecule has 4 aromatic rings. The number of aromatic nitrogens is 3. The molecular weight excluding hydrogens is 310 g/mol. The van der Waals surface area contributed by atoms with Gasteiger partial charge in [-0.1, -0.05) is 36.4 Å². The average Bonchev–Trinajstić information content (AvgIpc) is 3.08. The Labute approximate surface area is 146 Å². The molecule has 0 spiro atoms. The second-order valence-electron chi connectivity index (χ2n) is 6.05. The number of rotatable bonds is 4. The average molecular weight is 329 g/mol. The molecule has 0 aliphatic carbocycles. The van der Waals surface area contributed by atoms with Crippen LogP contribution in [0.3, 0.4) is 0 Å². The summed E-state index contributed by atoms with van der Waals surface area (Å²) < 4.78 is 2.06. The summed E-state index contributed by atoms with van der Waals surface area (Å²) in [7, 11) is 4.05. The molecule has 0 radical (unpaired) electrons. The first-order valence-electron chi connectivity index (χ1n) is 8.14. The summed E-state index contributed by atoms with van der Waals surface area (Å²) in [5.41, 5.74) is 5.09. The molecule has 5 heteroatoms. The van der Waals surface area contributed by atoms with Crippen molar-refractivity contribution in [1.82, 2.24) is 14.4 Å². The Hall–Kier alpha value is -3.34. The molecule has 0 fully saturated rings. The van der Waals surface area contributed by atoms with Crippen LogP contribution < -0.4 is 10.2 Å². The second kappa shape index (κ2) is 6.28. The SMILES string of the molecule is CN(C)c1cccc(Nc2nccn3c(-c4ccccc4)cnc23)c1. The monoisotopic (exact) mass is 329 g/mol. The van der Waals surface area contributed by atoms with E-state index in [1.807, 2.05) is 56.8 Å². The van der Waals surface area contributed by atoms with Gasteiger partial charge in [-0.3, -0.25) is 4.40 Å². The van der Waals surface area contributed by atoms with Crippen LogP contribution in [0.4, 0.5) is 17.2 Å². The van der Waals surface area contributed by atoms with E-state index in [4.69, 9.17) is 0 Å². The van der Waals surface area contributed by atoms with Crippen molar-refractivity contribution in [2.45, 2.75) is 0 Å². The summed E-state index contributed by atoms with van der Waals surface area (Å²) in [4.78, 5) is 11.1. The Kier molecular flexibility index (Phi) is 3.82. The first-order valence-corrected chi connectivity index (χ1v) is 8.14. The smallest absolute Gasteiger partial charge is 0.180 e. The molecule has 25 heavy (non-hydrogen) atoms. The number of nitrogens with zero attached hydrogens (tertiary/aromatic N) is 4. The quantitative estimate of drug-likeness (QED) is 0.609. The number of fused-ring (bicyclic) bond motifs is 1. The number of hydrogen-bond donors (Lipinski definition) is 1. The summed E-state index contributed by atoms with van der Waals surface area (Å²) >= 11 is 0. The highest BCUT2D eigenvalue weighted by Gasteiger charge is 2.10. The number of imidazole rings is 1. The highest BCUT2D eigenvalue weighted by molar-refractivity contribution is 5.75. The third-order valence-corrected chi connectivity index (χ3v) is 4.12. The van der Waals surface area contributed by atoms with Crippen molar-refractivity contribution in [1.29, 1.82) is 0 Å². The Morgan fingerprint density at radius 3 is 2.60 bits per heavy atom. The molecule has 0 bridgehead atoms. The van der Waals surface area contributed by atoms with E-state index in [0.717, 1.165) is 34.1 Å². The molecule has 4 rings (SSSR count). The van der Waals surface area contributed by atoms with Gasteiger partial charge in [0.2, 0.25) is 0 Å². The van der Waals surface area contributed by atoms with E-state index < -0.39 is 0 Å². The first-order chi connectivity index (χ1) is 12.2. The number of nitrogens with one attached hydrogen (secondary N) is 1. The predicted molar refractivity (Wildman–Crippen MR) is 102 cm³/mol. The van der Waals surface area contributed by atoms with Crippen molar-refractivity contribution in [3.8, 4) is 11.3 Å². The zero-order valence-corrected chi connectivity index (χ0v) is 14.2. The third-order valence-electron chi connectivity index (χ3n) is 4.12. The normalized spacial score (nSPS) is 10.8. The van der Waals surface area contributed by atoms with Gasteiger partial charge in [0.15, 0.2) is 11.5 Å². The van der Waals surface area contributed by atoms with Crippen LogP contribution in [0.2, 0.25) is 0 Å². The van der Waals surface area contributed by atoms with E-state index in [-0.39, 0.29) is 0 Å². The van der Waals surface area contributed by atoms with Gasteiger partial charge in [-0.25, -0.2) is 9.97 Å². The molecule has 0 atom stereocenters. The summed E-state index contributed by atoms with van der Waals surface area (Å²) in [6.07, 6.45) is 5.61. The molecular formula is C20H19N5. The first kappa shape index (κ1) is 15.2. The lowest BCUT2D eigenvalue weighted by molar-refractivity contribution is 1.12. The molecule has 1 N–H and O–H groups in total. The van der Waals surface area contributed by atoms with Crippen molar-refractivity contribution in [3.63, 3.8) is 0 Å². The van der Waals surface area contributed by atoms with Crippen LogP contribution >= 0.6 is 0 Å². The zero-order chi connectivity index (χ0) is 17.2. The minimum absolute atomic E-state index is 0.737. The molecule has 0 amide bonds. The second-order valence-corrected chi connectivity index (χ2v) is 6.05. The van der Waals surface area contributed by atoms with E-state index in [1.165, 1.54) is 0 Å². The van der Waals surface area contributed by atoms with E-state index >= 15 is 0 Å². The van der Waals surface area contributed by atoms with Gasteiger partial charge >= 0.3 is 0 Å². The van der Waals surface area contributed by atoms with Crippen molar-refractivity contribution < 1.29 is 0 Å². The fourth-order valence-corrected chi connectivity index (χ4v) is 2.83. The van der Waals surface area contributed by atoms with Gasteiger partial charge in [-0.05, 0) is 18.2 Å². The van der Waals surface area contributed by atoms with E-state index in [0.29, 0.717) is 0 Å². The third kappa shape index (κ3) is 2.92. The Morgan fingerprint density at radius 2 is 1.80 bits per heavy atom. The van der Waals surface area contributed by atoms with Crippen molar-refractivity contribution >= 4 is 22.8 Å². The molecule has 2 heterocycles. The number of benzene rings is 2. The van der Waals surface area contributed by atoms with Gasteiger partial charge in [0, 0.05) is 43.4 Å². The van der Waals surface area contributed by atoms with Gasteiger partial charge in [0.05, 0.1) is 11.9 Å². The topological polar surface area (TPSA) is 45.5 Å². The van der Waals surface area contributed by atoms with Crippen LogP contribution in [-0.4, -0.2) is 28.5 Å². The number of anilines is 3. The van der Waals surface area contributed by atoms with Gasteiger partial charge in [0.25, 0.3) is 0 Å². The fraction of sp³-hybridized carbons (Fsp3) is 0.100. The maximum absolute atomic E-state index is 4.58. The Bertz CT molecular complexity index is 1000. The minimum Gasteiger partial charge on any atom is -0.378 e. The molecule has 0 unspecified atom stereocenters. The maximum Gasteiger partial charge on any atom is 0.180 e. The lowest BCUT2D eigenvalue weighted by atomic mass is 10.2. The van der Waals surface area contributed by atoms with Crippen LogP contribution in [0, 0.1) is 0 Å². The molecule has 0 aliphatic heterocycles. The number of hydrogen-bond acceptors (Lipinski definition) is 4. The van der Waals surface area contributed by atoms with Gasteiger partial charge < -0.3 is 10.2 Å². The molecule has 0 aliphatic rings. The zero-order valence-electron chi connectivity index (χ0n) is 14.2. The highest BCUT2D eigenvalue weighted by Crippen LogP contribution is 2.26. The maximum atomic E-state index is 4.58. The minimum atomic E-state index is 0.737. The van der Waals surface area contributed by atoms with Crippen LogP contribution in [0.15, 0.2) is 73.2 Å². The van der Waals surface area contributed by atoms with Gasteiger partial charge in [-0.15, -0.1) is 0 Å². The summed E-state index contributed by atoms with van der Waals surface area (Å²) in [5, 5.41) is 3.39. The lowest BCUT2D eigenvalue weighted by Gasteiger charge is -2.14. The van der Waals surface area contributed by atoms with E-state index in [9.17, 15) is 0 Å². The molecule has 0 saturated heterocycles. The predicted octanol–water partition coefficient (Wildman–Crippen LogP) is 4.21. The molecule has 5 nitrogen and oxygen atoms in total. The van der Waals surface area contributed by atoms with Gasteiger partial charge in [0.1, 0.15) is 0 Å². The molecule has 2 aromatic heterocycles. The van der Waals surface area contributed by atoms with Crippen LogP contribution in [-0.2, 0) is 0 Å². The van der Waals surface area contributed by atoms with Crippen LogP contribution in [0.5, 0.6) is 0 Å². The summed E-state index contributed by atoms with van der Waals surface area (Å²) in [6.45, 7) is 0. The van der Waals surface area contributed by atoms with E-state index in [2.05, 4.69) is 48.9 Å². The largest absolute Gasteiger partial charge is 0.378 e. The summed E-state index contributed by atoms with van der Waals surface area (Å²) in [6, 6.07) is 18.4. The highest BCUT2D eigenvalue weighted by atomic mass is 15.1. The van der Waals surface area contributed by atoms with Gasteiger partial charge in [-0.2, -0.15) is 0 Å². The lowest BCUT2D eigenvalue weighted by Crippen LogP contribution is -2.08. The van der Waals surface area contributed by atoms with Crippen molar-refractivity contribution in [3.05, 3.63) is 73.2 Å². The molecule has 2 aromatic carbocycles. The Balaban J connectivity index is 1.74. The van der Waals surface area contributed by atoms with Crippen LogP contribution in [0.25, 0.3) is 16.9 Å². The van der Waals surface area contributed by atoms with Crippen molar-refractivity contribution in [2.24, 2.45) is 0 Å². The summed E-state index contributed by atoms with van der Waals surface area (Å²) in [5.74, 6) is 0.737. The molecule has 124 valence electrons. The van der Waals surface area contributed by atoms with Crippen LogP contribution in [0.1, 0.15) is 0 Å². The fourth-order valence-electron chi connectivity index (χ4n) is 2.83. The molecule has 0 saturated carbocycles. The Morgan fingerprint density at radius 1 is 0.960 bits per heavy atom. The van der Waals surface area contributed by atoms with E-state index in [1.54, 1.807) is 6.20 Å². The van der Waals surface area contributed by atoms with Crippen molar-refractivity contribution in [2.75, 3.05) is 24.3 Å².